The van der Waals surface area contributed by atoms with Gasteiger partial charge in [-0.2, -0.15) is 0 Å². The van der Waals surface area contributed by atoms with Gasteiger partial charge in [-0.25, -0.2) is 0 Å². The number of nitrogens with one attached hydrogen (secondary N) is 2. The molecular weight excluding hydrogens is 373 g/mol. The number of aromatic nitrogens is 1. The minimum absolute atomic E-state index is 0.249. The number of carbonyl (C=O) groups is 1. The number of para-hydroxylation sites is 2. The molecule has 132 valence electrons. The number of pyridine rings is 1. The first-order valence-corrected chi connectivity index (χ1v) is 8.45. The van der Waals surface area contributed by atoms with Crippen LogP contribution in [-0.2, 0) is 0 Å². The fourth-order valence-corrected chi connectivity index (χ4v) is 2.65. The quantitative estimate of drug-likeness (QED) is 0.615. The Hall–Kier alpha value is -2.76. The van der Waals surface area contributed by atoms with Crippen molar-refractivity contribution in [3.05, 3.63) is 76.5 Å². The van der Waals surface area contributed by atoms with Crippen LogP contribution in [-0.4, -0.2) is 18.0 Å². The number of benzene rings is 2. The Balaban J connectivity index is 1.80. The van der Waals surface area contributed by atoms with Gasteiger partial charge < -0.3 is 15.4 Å². The molecule has 0 radical (unpaired) electrons. The summed E-state index contributed by atoms with van der Waals surface area (Å²) in [4.78, 5) is 16.6. The van der Waals surface area contributed by atoms with E-state index in [2.05, 4.69) is 15.6 Å². The van der Waals surface area contributed by atoms with Crippen molar-refractivity contribution in [1.29, 1.82) is 0 Å². The second-order valence-corrected chi connectivity index (χ2v) is 6.18. The molecule has 0 atom stereocenters. The number of methoxy groups -OCH3 is 1. The van der Waals surface area contributed by atoms with E-state index in [9.17, 15) is 4.79 Å². The van der Waals surface area contributed by atoms with Crippen LogP contribution in [0.5, 0.6) is 5.75 Å². The van der Waals surface area contributed by atoms with Gasteiger partial charge in [-0.05, 0) is 42.5 Å². The summed E-state index contributed by atoms with van der Waals surface area (Å²) in [5.41, 5.74) is 2.12. The lowest BCUT2D eigenvalue weighted by Crippen LogP contribution is -2.14. The zero-order chi connectivity index (χ0) is 18.5. The molecule has 0 aliphatic heterocycles. The van der Waals surface area contributed by atoms with E-state index in [4.69, 9.17) is 27.9 Å². The Morgan fingerprint density at radius 1 is 1.04 bits per heavy atom. The number of hydrogen-bond acceptors (Lipinski definition) is 4. The van der Waals surface area contributed by atoms with Crippen molar-refractivity contribution < 1.29 is 9.53 Å². The lowest BCUT2D eigenvalue weighted by molar-refractivity contribution is 0.102. The van der Waals surface area contributed by atoms with E-state index in [0.29, 0.717) is 32.9 Å². The van der Waals surface area contributed by atoms with Gasteiger partial charge in [-0.15, -0.1) is 0 Å². The Morgan fingerprint density at radius 2 is 1.85 bits per heavy atom. The van der Waals surface area contributed by atoms with E-state index in [-0.39, 0.29) is 11.6 Å². The number of ether oxygens (including phenoxy) is 1. The van der Waals surface area contributed by atoms with Gasteiger partial charge in [0.05, 0.1) is 23.5 Å². The normalized spacial score (nSPS) is 10.3. The standard InChI is InChI=1S/C19H15Cl2N3O2/c1-26-18-5-3-2-4-15(18)24-19(25)17-11-13(8-9-22-17)23-16-10-12(20)6-7-14(16)21/h2-11H,1H3,(H,22,23)(H,24,25). The molecule has 7 heteroatoms. The van der Waals surface area contributed by atoms with Gasteiger partial charge in [0.15, 0.2) is 0 Å². The van der Waals surface area contributed by atoms with Crippen molar-refractivity contribution in [2.45, 2.75) is 0 Å². The number of carbonyl (C=O) groups excluding carboxylic acids is 1. The summed E-state index contributed by atoms with van der Waals surface area (Å²) in [5.74, 6) is 0.219. The monoisotopic (exact) mass is 387 g/mol. The summed E-state index contributed by atoms with van der Waals surface area (Å²) in [6.07, 6.45) is 1.54. The van der Waals surface area contributed by atoms with Crippen LogP contribution in [0.25, 0.3) is 0 Å². The third-order valence-electron chi connectivity index (χ3n) is 3.56. The SMILES string of the molecule is COc1ccccc1NC(=O)c1cc(Nc2cc(Cl)ccc2Cl)ccn1. The van der Waals surface area contributed by atoms with Crippen LogP contribution in [0.4, 0.5) is 17.1 Å². The van der Waals surface area contributed by atoms with E-state index in [0.717, 1.165) is 0 Å². The van der Waals surface area contributed by atoms with Crippen molar-refractivity contribution in [1.82, 2.24) is 4.98 Å². The predicted molar refractivity (Wildman–Crippen MR) is 105 cm³/mol. The average molecular weight is 388 g/mol. The number of hydrogen-bond donors (Lipinski definition) is 2. The molecule has 26 heavy (non-hydrogen) atoms. The van der Waals surface area contributed by atoms with E-state index >= 15 is 0 Å². The largest absolute Gasteiger partial charge is 0.495 e. The lowest BCUT2D eigenvalue weighted by Gasteiger charge is -2.11. The molecule has 0 unspecified atom stereocenters. The summed E-state index contributed by atoms with van der Waals surface area (Å²) in [5, 5.41) is 7.00. The van der Waals surface area contributed by atoms with Crippen LogP contribution in [0.3, 0.4) is 0 Å². The molecule has 2 aromatic carbocycles. The Bertz CT molecular complexity index is 948. The number of nitrogens with zero attached hydrogens (tertiary/aromatic N) is 1. The van der Waals surface area contributed by atoms with Gasteiger partial charge in [0.1, 0.15) is 11.4 Å². The van der Waals surface area contributed by atoms with Gasteiger partial charge >= 0.3 is 0 Å². The van der Waals surface area contributed by atoms with Gasteiger partial charge in [0.25, 0.3) is 5.91 Å². The highest BCUT2D eigenvalue weighted by molar-refractivity contribution is 6.35. The molecular formula is C19H15Cl2N3O2. The first kappa shape index (κ1) is 18.0. The van der Waals surface area contributed by atoms with E-state index in [1.807, 2.05) is 12.1 Å². The average Bonchev–Trinajstić information content (AvgIpc) is 2.65. The maximum Gasteiger partial charge on any atom is 0.274 e. The fraction of sp³-hybridized carbons (Fsp3) is 0.0526. The minimum atomic E-state index is -0.352. The maximum absolute atomic E-state index is 12.5. The maximum atomic E-state index is 12.5. The predicted octanol–water partition coefficient (Wildman–Crippen LogP) is 5.39. The number of halogens is 2. The molecule has 1 heterocycles. The highest BCUT2D eigenvalue weighted by atomic mass is 35.5. The summed E-state index contributed by atoms with van der Waals surface area (Å²) in [7, 11) is 1.54. The molecule has 0 aliphatic rings. The molecule has 0 saturated heterocycles. The zero-order valence-corrected chi connectivity index (χ0v) is 15.3. The summed E-state index contributed by atoms with van der Waals surface area (Å²) < 4.78 is 5.23. The molecule has 1 aromatic heterocycles. The first-order chi connectivity index (χ1) is 12.6. The minimum Gasteiger partial charge on any atom is -0.495 e. The molecule has 0 spiro atoms. The lowest BCUT2D eigenvalue weighted by atomic mass is 10.2. The van der Waals surface area contributed by atoms with Crippen molar-refractivity contribution in [2.24, 2.45) is 0 Å². The zero-order valence-electron chi connectivity index (χ0n) is 13.8. The van der Waals surface area contributed by atoms with E-state index in [1.165, 1.54) is 6.20 Å². The molecule has 5 nitrogen and oxygen atoms in total. The highest BCUT2D eigenvalue weighted by Crippen LogP contribution is 2.29. The Kier molecular flexibility index (Phi) is 5.61. The van der Waals surface area contributed by atoms with Gasteiger partial charge in [-0.1, -0.05) is 35.3 Å². The number of rotatable bonds is 5. The van der Waals surface area contributed by atoms with Crippen molar-refractivity contribution in [3.8, 4) is 5.75 Å². The van der Waals surface area contributed by atoms with Gasteiger partial charge in [0.2, 0.25) is 0 Å². The van der Waals surface area contributed by atoms with Crippen LogP contribution < -0.4 is 15.4 Å². The van der Waals surface area contributed by atoms with Crippen LogP contribution in [0.1, 0.15) is 10.5 Å². The summed E-state index contributed by atoms with van der Waals surface area (Å²) in [6, 6.07) is 15.6. The Morgan fingerprint density at radius 3 is 2.65 bits per heavy atom. The summed E-state index contributed by atoms with van der Waals surface area (Å²) >= 11 is 12.2. The molecule has 2 N–H and O–H groups in total. The van der Waals surface area contributed by atoms with Crippen molar-refractivity contribution in [3.63, 3.8) is 0 Å². The second-order valence-electron chi connectivity index (χ2n) is 5.33. The smallest absolute Gasteiger partial charge is 0.274 e. The third-order valence-corrected chi connectivity index (χ3v) is 4.12. The second kappa shape index (κ2) is 8.08. The van der Waals surface area contributed by atoms with E-state index in [1.54, 1.807) is 49.6 Å². The Labute approximate surface area is 160 Å². The topological polar surface area (TPSA) is 63.2 Å². The van der Waals surface area contributed by atoms with Crippen molar-refractivity contribution in [2.75, 3.05) is 17.7 Å². The number of anilines is 3. The fourth-order valence-electron chi connectivity index (χ4n) is 2.32. The molecule has 3 rings (SSSR count). The molecule has 0 bridgehead atoms. The molecule has 1 amide bonds. The van der Waals surface area contributed by atoms with E-state index < -0.39 is 0 Å². The molecule has 3 aromatic rings. The number of amides is 1. The van der Waals surface area contributed by atoms with Crippen LogP contribution in [0.15, 0.2) is 60.8 Å². The first-order valence-electron chi connectivity index (χ1n) is 7.69. The summed E-state index contributed by atoms with van der Waals surface area (Å²) in [6.45, 7) is 0. The van der Waals surface area contributed by atoms with Crippen LogP contribution >= 0.6 is 23.2 Å². The molecule has 0 fully saturated rings. The van der Waals surface area contributed by atoms with Crippen LogP contribution in [0.2, 0.25) is 10.0 Å². The van der Waals surface area contributed by atoms with Gasteiger partial charge in [0, 0.05) is 16.9 Å². The molecule has 0 aliphatic carbocycles. The van der Waals surface area contributed by atoms with Crippen LogP contribution in [0, 0.1) is 0 Å². The highest BCUT2D eigenvalue weighted by Gasteiger charge is 2.12. The van der Waals surface area contributed by atoms with Crippen molar-refractivity contribution >= 4 is 46.2 Å². The molecule has 0 saturated carbocycles. The third kappa shape index (κ3) is 4.25. The van der Waals surface area contributed by atoms with Gasteiger partial charge in [-0.3, -0.25) is 9.78 Å².